The van der Waals surface area contributed by atoms with E-state index in [1.165, 1.54) is 21.7 Å². The predicted molar refractivity (Wildman–Crippen MR) is 189 cm³/mol. The molecule has 2 rings (SSSR count). The SMILES string of the molecule is CC(C)[CH2][Al+][CH2]C(C)C.Cc1cc(C(C)(C)C)c([O-])c(C(C)(C)C)c1.Cc1cc(C(C)(C)C)c([O-])c(C(C)(C)C)c1.[B]O.[Na+]. The van der Waals surface area contributed by atoms with Crippen LogP contribution in [0.4, 0.5) is 0 Å². The van der Waals surface area contributed by atoms with Gasteiger partial charge in [0.25, 0.3) is 8.05 Å². The Morgan fingerprint density at radius 2 is 0.727 bits per heavy atom. The molecule has 44 heavy (non-hydrogen) atoms. The summed E-state index contributed by atoms with van der Waals surface area (Å²) >= 11 is 0.755. The van der Waals surface area contributed by atoms with Crippen LogP contribution in [0, 0.1) is 25.7 Å². The van der Waals surface area contributed by atoms with Crippen LogP contribution in [0.25, 0.3) is 0 Å². The van der Waals surface area contributed by atoms with E-state index in [0.717, 1.165) is 49.3 Å². The summed E-state index contributed by atoms with van der Waals surface area (Å²) in [6, 6.07) is 8.10. The average molecular weight is 631 g/mol. The summed E-state index contributed by atoms with van der Waals surface area (Å²) in [5, 5.41) is 34.3. The maximum atomic E-state index is 12.4. The molecule has 2 radical (unpaired) electrons. The molecule has 0 bridgehead atoms. The van der Waals surface area contributed by atoms with E-state index in [9.17, 15) is 10.2 Å². The van der Waals surface area contributed by atoms with Crippen molar-refractivity contribution in [1.29, 1.82) is 0 Å². The van der Waals surface area contributed by atoms with Gasteiger partial charge in [0.2, 0.25) is 0 Å². The molecule has 242 valence electrons. The van der Waals surface area contributed by atoms with Crippen LogP contribution in [0.15, 0.2) is 24.3 Å². The third-order valence-electron chi connectivity index (χ3n) is 6.97. The zero-order valence-corrected chi connectivity index (χ0v) is 35.5. The summed E-state index contributed by atoms with van der Waals surface area (Å²) in [6.45, 7) is 38.5. The van der Waals surface area contributed by atoms with Crippen molar-refractivity contribution < 1.29 is 44.8 Å². The van der Waals surface area contributed by atoms with Crippen LogP contribution in [0.3, 0.4) is 0 Å². The fraction of sp³-hybridized carbons (Fsp3) is 0.684. The molecule has 1 N–H and O–H groups in total. The molecule has 2 aromatic carbocycles. The Kier molecular flexibility index (Phi) is 21.9. The van der Waals surface area contributed by atoms with E-state index < -0.39 is 0 Å². The van der Waals surface area contributed by atoms with Gasteiger partial charge in [0.05, 0.1) is 0 Å². The first-order valence-corrected chi connectivity index (χ1v) is 17.6. The molecule has 0 fully saturated rings. The van der Waals surface area contributed by atoms with Gasteiger partial charge in [-0.05, 0) is 57.8 Å². The molecule has 0 aliphatic rings. The Morgan fingerprint density at radius 3 is 0.864 bits per heavy atom. The topological polar surface area (TPSA) is 66.3 Å². The predicted octanol–water partition coefficient (Wildman–Crippen LogP) is 6.23. The molecule has 2 aromatic rings. The van der Waals surface area contributed by atoms with Crippen LogP contribution in [0.1, 0.15) is 144 Å². The Labute approximate surface area is 303 Å². The van der Waals surface area contributed by atoms with Gasteiger partial charge in [-0.15, -0.1) is 11.5 Å². The minimum absolute atomic E-state index is 0. The maximum Gasteiger partial charge on any atom is 1.00 e. The molecule has 0 aliphatic carbocycles. The first-order valence-electron chi connectivity index (χ1n) is 15.9. The van der Waals surface area contributed by atoms with E-state index in [2.05, 4.69) is 133 Å². The van der Waals surface area contributed by atoms with E-state index >= 15 is 0 Å². The van der Waals surface area contributed by atoms with Gasteiger partial charge in [0.1, 0.15) is 0 Å². The molecule has 0 amide bonds. The van der Waals surface area contributed by atoms with Gasteiger partial charge in [-0.25, -0.2) is 0 Å². The average Bonchev–Trinajstić information content (AvgIpc) is 2.80. The van der Waals surface area contributed by atoms with Crippen molar-refractivity contribution in [2.75, 3.05) is 0 Å². The van der Waals surface area contributed by atoms with Crippen molar-refractivity contribution >= 4 is 23.3 Å². The van der Waals surface area contributed by atoms with E-state index in [-0.39, 0.29) is 62.7 Å². The van der Waals surface area contributed by atoms with Crippen molar-refractivity contribution in [2.45, 2.75) is 157 Å². The molecule has 6 heteroatoms. The normalized spacial score (nSPS) is 11.7. The first-order chi connectivity index (χ1) is 19.2. The van der Waals surface area contributed by atoms with Gasteiger partial charge in [-0.1, -0.05) is 118 Å². The van der Waals surface area contributed by atoms with Crippen LogP contribution < -0.4 is 39.8 Å². The van der Waals surface area contributed by atoms with E-state index in [1.54, 1.807) is 0 Å². The van der Waals surface area contributed by atoms with Crippen molar-refractivity contribution in [1.82, 2.24) is 0 Å². The summed E-state index contributed by atoms with van der Waals surface area (Å²) in [4.78, 5) is 0. The zero-order chi connectivity index (χ0) is 34.7. The number of hydrogen-bond donors (Lipinski definition) is 1. The van der Waals surface area contributed by atoms with Crippen LogP contribution in [-0.4, -0.2) is 28.3 Å². The van der Waals surface area contributed by atoms with Crippen molar-refractivity contribution in [3.05, 3.63) is 57.6 Å². The van der Waals surface area contributed by atoms with Crippen molar-refractivity contribution in [2.24, 2.45) is 11.8 Å². The second kappa shape index (κ2) is 20.1. The molecule has 3 nitrogen and oxygen atoms in total. The van der Waals surface area contributed by atoms with E-state index in [1.807, 2.05) is 24.3 Å². The van der Waals surface area contributed by atoms with Gasteiger partial charge >= 0.3 is 94.9 Å². The molecular weight excluding hydrogens is 565 g/mol. The van der Waals surface area contributed by atoms with Crippen LogP contribution in [-0.2, 0) is 21.7 Å². The minimum Gasteiger partial charge on any atom is -0.872 e. The Bertz CT molecular complexity index is 942. The molecule has 0 saturated carbocycles. The number of benzene rings is 2. The molecule has 0 aromatic heterocycles. The Hall–Kier alpha value is -0.403. The Morgan fingerprint density at radius 1 is 0.545 bits per heavy atom. The van der Waals surface area contributed by atoms with Crippen LogP contribution in [0.5, 0.6) is 11.5 Å². The summed E-state index contributed by atoms with van der Waals surface area (Å²) in [5.41, 5.74) is 5.74. The summed E-state index contributed by atoms with van der Waals surface area (Å²) in [7, 11) is 3.50. The molecular formula is C38H65AlBNaO3. The summed E-state index contributed by atoms with van der Waals surface area (Å²) in [5.74, 6) is 2.29. The van der Waals surface area contributed by atoms with Crippen LogP contribution in [0.2, 0.25) is 10.6 Å². The number of hydrogen-bond acceptors (Lipinski definition) is 3. The monoisotopic (exact) mass is 630 g/mol. The number of rotatable bonds is 4. The minimum atomic E-state index is -0.0803. The smallest absolute Gasteiger partial charge is 0.872 e. The molecule has 0 spiro atoms. The maximum absolute atomic E-state index is 12.4. The third-order valence-corrected chi connectivity index (χ3v) is 9.53. The van der Waals surface area contributed by atoms with E-state index in [0.29, 0.717) is 0 Å². The molecule has 0 heterocycles. The van der Waals surface area contributed by atoms with Gasteiger partial charge in [0, 0.05) is 0 Å². The third kappa shape index (κ3) is 18.1. The van der Waals surface area contributed by atoms with Gasteiger partial charge in [0.15, 0.2) is 0 Å². The quantitative estimate of drug-likeness (QED) is 0.408. The molecule has 0 aliphatic heterocycles. The van der Waals surface area contributed by atoms with Gasteiger partial charge in [-0.2, -0.15) is 0 Å². The van der Waals surface area contributed by atoms with Crippen LogP contribution >= 0.6 is 0 Å². The van der Waals surface area contributed by atoms with E-state index in [4.69, 9.17) is 5.02 Å². The largest absolute Gasteiger partial charge is 1.00 e. The second-order valence-corrected chi connectivity index (χ2v) is 18.4. The van der Waals surface area contributed by atoms with Crippen molar-refractivity contribution in [3.8, 4) is 11.5 Å². The standard InChI is InChI=1S/2C15H24O.2C4H9.Al.BHO.Na/c2*1-10-8-11(14(2,3)4)13(16)12(9-10)15(5,6)7;2*1-4(2)3;;1-2;/h2*8-9,16H,1-7H3;2*4H,1H2,2-3H3;;2H;/q;;;;+1;;+1/p-2. The molecule has 0 saturated heterocycles. The van der Waals surface area contributed by atoms with Gasteiger partial charge < -0.3 is 15.2 Å². The zero-order valence-electron chi connectivity index (χ0n) is 32.3. The first kappa shape index (κ1) is 48.0. The number of aryl methyl sites for hydroxylation is 2. The summed E-state index contributed by atoms with van der Waals surface area (Å²) < 4.78 is 0. The fourth-order valence-electron chi connectivity index (χ4n) is 4.54. The molecule has 0 unspecified atom stereocenters. The summed E-state index contributed by atoms with van der Waals surface area (Å²) in [6.07, 6.45) is 0. The van der Waals surface area contributed by atoms with Crippen molar-refractivity contribution in [3.63, 3.8) is 0 Å². The fourth-order valence-corrected chi connectivity index (χ4v) is 6.06. The molecule has 0 atom stereocenters. The Balaban J connectivity index is -0.000000572. The van der Waals surface area contributed by atoms with Gasteiger partial charge in [-0.3, -0.25) is 0 Å². The second-order valence-electron chi connectivity index (χ2n) is 16.9.